The van der Waals surface area contributed by atoms with Gasteiger partial charge in [0, 0.05) is 24.3 Å². The van der Waals surface area contributed by atoms with Crippen LogP contribution in [-0.4, -0.2) is 40.6 Å². The molecule has 2 aromatic rings. The van der Waals surface area contributed by atoms with Crippen LogP contribution in [0.1, 0.15) is 12.6 Å². The molecule has 0 aliphatic carbocycles. The number of carbonyl (C=O) groups is 1. The lowest BCUT2D eigenvalue weighted by atomic mass is 10.1. The monoisotopic (exact) mass is 352 g/mol. The standard InChI is InChI=1S/C12H16N4O2S.2ClH/c1-8-10(13-2-4-18-8)11(17)14-6-9-7-16-3-5-19-12(16)15-9;;/h3,5,7-8,10,13H,2,4,6H2,1H3,(H,14,17);2*1H/t8-,10+;;/m1../s1. The second-order valence-corrected chi connectivity index (χ2v) is 5.42. The molecule has 2 atom stereocenters. The molecule has 21 heavy (non-hydrogen) atoms. The summed E-state index contributed by atoms with van der Waals surface area (Å²) in [5.41, 5.74) is 0.865. The topological polar surface area (TPSA) is 67.7 Å². The van der Waals surface area contributed by atoms with E-state index < -0.39 is 0 Å². The maximum absolute atomic E-state index is 12.0. The zero-order chi connectivity index (χ0) is 13.2. The Kier molecular flexibility index (Phi) is 6.89. The third-order valence-corrected chi connectivity index (χ3v) is 3.96. The van der Waals surface area contributed by atoms with Crippen LogP contribution in [0, 0.1) is 0 Å². The lowest BCUT2D eigenvalue weighted by molar-refractivity contribution is -0.129. The Bertz CT molecular complexity index is 560. The van der Waals surface area contributed by atoms with Crippen LogP contribution in [0.3, 0.4) is 0 Å². The molecule has 0 radical (unpaired) electrons. The number of carbonyl (C=O) groups excluding carboxylic acids is 1. The van der Waals surface area contributed by atoms with Crippen molar-refractivity contribution in [2.45, 2.75) is 25.6 Å². The molecule has 118 valence electrons. The molecular formula is C12H18Cl2N4O2S. The summed E-state index contributed by atoms with van der Waals surface area (Å²) >= 11 is 1.58. The van der Waals surface area contributed by atoms with E-state index >= 15 is 0 Å². The highest BCUT2D eigenvalue weighted by Gasteiger charge is 2.27. The van der Waals surface area contributed by atoms with Crippen molar-refractivity contribution in [3.63, 3.8) is 0 Å². The van der Waals surface area contributed by atoms with E-state index in [9.17, 15) is 4.79 Å². The van der Waals surface area contributed by atoms with Crippen LogP contribution >= 0.6 is 36.2 Å². The molecule has 2 aromatic heterocycles. The molecule has 0 saturated carbocycles. The number of thiazole rings is 1. The van der Waals surface area contributed by atoms with Crippen LogP contribution < -0.4 is 10.6 Å². The Hall–Kier alpha value is -0.860. The average Bonchev–Trinajstić information content (AvgIpc) is 2.97. The van der Waals surface area contributed by atoms with Gasteiger partial charge in [0.15, 0.2) is 4.96 Å². The fourth-order valence-electron chi connectivity index (χ4n) is 2.18. The fraction of sp³-hybridized carbons (Fsp3) is 0.500. The van der Waals surface area contributed by atoms with Gasteiger partial charge >= 0.3 is 0 Å². The average molecular weight is 353 g/mol. The third-order valence-electron chi connectivity index (χ3n) is 3.19. The zero-order valence-corrected chi connectivity index (χ0v) is 13.9. The number of fused-ring (bicyclic) bond motifs is 1. The summed E-state index contributed by atoms with van der Waals surface area (Å²) < 4.78 is 7.41. The molecule has 0 aromatic carbocycles. The number of rotatable bonds is 3. The summed E-state index contributed by atoms with van der Waals surface area (Å²) in [5.74, 6) is -0.0384. The molecule has 3 rings (SSSR count). The molecule has 1 fully saturated rings. The molecule has 9 heteroatoms. The molecule has 6 nitrogen and oxygen atoms in total. The Labute approximate surface area is 139 Å². The van der Waals surface area contributed by atoms with Gasteiger partial charge in [-0.05, 0) is 6.92 Å². The summed E-state index contributed by atoms with van der Waals surface area (Å²) in [4.78, 5) is 17.4. The van der Waals surface area contributed by atoms with E-state index in [0.29, 0.717) is 19.7 Å². The van der Waals surface area contributed by atoms with Gasteiger partial charge in [-0.15, -0.1) is 36.2 Å². The lowest BCUT2D eigenvalue weighted by Crippen LogP contribution is -2.55. The highest BCUT2D eigenvalue weighted by atomic mass is 35.5. The van der Waals surface area contributed by atoms with E-state index in [2.05, 4.69) is 15.6 Å². The first-order valence-electron chi connectivity index (χ1n) is 6.28. The number of hydrogen-bond donors (Lipinski definition) is 2. The van der Waals surface area contributed by atoms with E-state index in [1.165, 1.54) is 0 Å². The maximum atomic E-state index is 12.0. The van der Waals surface area contributed by atoms with Crippen molar-refractivity contribution in [2.75, 3.05) is 13.2 Å². The van der Waals surface area contributed by atoms with Gasteiger partial charge in [-0.2, -0.15) is 0 Å². The molecule has 0 unspecified atom stereocenters. The minimum atomic E-state index is -0.280. The van der Waals surface area contributed by atoms with Crippen molar-refractivity contribution in [1.29, 1.82) is 0 Å². The van der Waals surface area contributed by atoms with Crippen LogP contribution in [0.25, 0.3) is 4.96 Å². The van der Waals surface area contributed by atoms with Crippen LogP contribution in [0.4, 0.5) is 0 Å². The molecular weight excluding hydrogens is 335 g/mol. The SMILES string of the molecule is C[C@H]1OCCN[C@@H]1C(=O)NCc1cn2ccsc2n1.Cl.Cl. The number of halogens is 2. The minimum Gasteiger partial charge on any atom is -0.375 e. The van der Waals surface area contributed by atoms with Gasteiger partial charge in [-0.25, -0.2) is 4.98 Å². The number of hydrogen-bond acceptors (Lipinski definition) is 5. The molecule has 0 bridgehead atoms. The number of nitrogens with one attached hydrogen (secondary N) is 2. The Balaban J connectivity index is 0.00000110. The van der Waals surface area contributed by atoms with Gasteiger partial charge in [0.2, 0.25) is 5.91 Å². The van der Waals surface area contributed by atoms with Crippen molar-refractivity contribution in [2.24, 2.45) is 0 Å². The molecule has 3 heterocycles. The first kappa shape index (κ1) is 18.2. The van der Waals surface area contributed by atoms with Gasteiger partial charge in [0.05, 0.1) is 24.9 Å². The van der Waals surface area contributed by atoms with Crippen molar-refractivity contribution in [3.05, 3.63) is 23.5 Å². The fourth-order valence-corrected chi connectivity index (χ4v) is 2.90. The number of imidazole rings is 1. The third kappa shape index (κ3) is 4.08. The predicted octanol–water partition coefficient (Wildman–Crippen LogP) is 1.23. The van der Waals surface area contributed by atoms with Crippen molar-refractivity contribution >= 4 is 47.0 Å². The van der Waals surface area contributed by atoms with E-state index in [1.807, 2.05) is 29.1 Å². The summed E-state index contributed by atoms with van der Waals surface area (Å²) in [6.45, 7) is 3.71. The van der Waals surface area contributed by atoms with Gasteiger partial charge in [-0.3, -0.25) is 9.20 Å². The Morgan fingerprint density at radius 3 is 3.14 bits per heavy atom. The largest absolute Gasteiger partial charge is 0.375 e. The number of ether oxygens (including phenoxy) is 1. The second-order valence-electron chi connectivity index (χ2n) is 4.55. The molecule has 1 aliphatic rings. The summed E-state index contributed by atoms with van der Waals surface area (Å²) in [5, 5.41) is 8.04. The first-order valence-corrected chi connectivity index (χ1v) is 7.16. The van der Waals surface area contributed by atoms with Crippen molar-refractivity contribution in [3.8, 4) is 0 Å². The molecule has 2 N–H and O–H groups in total. The highest BCUT2D eigenvalue weighted by molar-refractivity contribution is 7.15. The van der Waals surface area contributed by atoms with Crippen LogP contribution in [0.15, 0.2) is 17.8 Å². The van der Waals surface area contributed by atoms with Gasteiger partial charge in [0.25, 0.3) is 0 Å². The Morgan fingerprint density at radius 1 is 1.62 bits per heavy atom. The number of nitrogens with zero attached hydrogens (tertiary/aromatic N) is 2. The lowest BCUT2D eigenvalue weighted by Gasteiger charge is -2.29. The first-order chi connectivity index (χ1) is 9.24. The number of morpholine rings is 1. The predicted molar refractivity (Wildman–Crippen MR) is 86.6 cm³/mol. The molecule has 1 saturated heterocycles. The number of aromatic nitrogens is 2. The molecule has 1 amide bonds. The minimum absolute atomic E-state index is 0. The zero-order valence-electron chi connectivity index (χ0n) is 11.4. The number of amides is 1. The second kappa shape index (κ2) is 7.95. The summed E-state index contributed by atoms with van der Waals surface area (Å²) in [6, 6.07) is -0.280. The summed E-state index contributed by atoms with van der Waals surface area (Å²) in [7, 11) is 0. The normalized spacial score (nSPS) is 21.4. The van der Waals surface area contributed by atoms with Crippen LogP contribution in [0.2, 0.25) is 0 Å². The van der Waals surface area contributed by atoms with Crippen molar-refractivity contribution < 1.29 is 9.53 Å². The van der Waals surface area contributed by atoms with Crippen molar-refractivity contribution in [1.82, 2.24) is 20.0 Å². The van der Waals surface area contributed by atoms with E-state index in [0.717, 1.165) is 10.7 Å². The van der Waals surface area contributed by atoms with E-state index in [1.54, 1.807) is 11.3 Å². The quantitative estimate of drug-likeness (QED) is 0.871. The van der Waals surface area contributed by atoms with Crippen LogP contribution in [0.5, 0.6) is 0 Å². The maximum Gasteiger partial charge on any atom is 0.240 e. The molecule has 1 aliphatic heterocycles. The van der Waals surface area contributed by atoms with E-state index in [4.69, 9.17) is 4.74 Å². The summed E-state index contributed by atoms with van der Waals surface area (Å²) in [6.07, 6.45) is 3.79. The van der Waals surface area contributed by atoms with Gasteiger partial charge in [-0.1, -0.05) is 0 Å². The van der Waals surface area contributed by atoms with Gasteiger partial charge in [0.1, 0.15) is 6.04 Å². The Morgan fingerprint density at radius 2 is 2.43 bits per heavy atom. The van der Waals surface area contributed by atoms with Gasteiger partial charge < -0.3 is 15.4 Å². The highest BCUT2D eigenvalue weighted by Crippen LogP contribution is 2.11. The van der Waals surface area contributed by atoms with E-state index in [-0.39, 0.29) is 42.9 Å². The molecule has 0 spiro atoms. The van der Waals surface area contributed by atoms with Crippen LogP contribution in [-0.2, 0) is 16.1 Å². The smallest absolute Gasteiger partial charge is 0.240 e.